The summed E-state index contributed by atoms with van der Waals surface area (Å²) in [4.78, 5) is 0. The molecule has 0 radical (unpaired) electrons. The molecule has 1 aliphatic carbocycles. The molecule has 0 spiro atoms. The molecule has 1 nitrogen and oxygen atoms in total. The Morgan fingerprint density at radius 2 is 1.84 bits per heavy atom. The zero-order valence-corrected chi connectivity index (χ0v) is 13.3. The zero-order chi connectivity index (χ0) is 13.8. The molecule has 0 saturated heterocycles. The SMILES string of the molecule is CCOc1ccc(C2CCC(CI)CC2)c(F)c1F. The van der Waals surface area contributed by atoms with Crippen LogP contribution in [0.15, 0.2) is 12.1 Å². The van der Waals surface area contributed by atoms with Crippen molar-refractivity contribution >= 4 is 22.6 Å². The summed E-state index contributed by atoms with van der Waals surface area (Å²) >= 11 is 2.40. The Labute approximate surface area is 126 Å². The lowest BCUT2D eigenvalue weighted by Gasteiger charge is -2.28. The van der Waals surface area contributed by atoms with Crippen LogP contribution in [-0.2, 0) is 0 Å². The van der Waals surface area contributed by atoms with Crippen LogP contribution in [0.2, 0.25) is 0 Å². The van der Waals surface area contributed by atoms with E-state index in [4.69, 9.17) is 4.74 Å². The van der Waals surface area contributed by atoms with Gasteiger partial charge in [-0.1, -0.05) is 28.7 Å². The average molecular weight is 380 g/mol. The molecule has 0 unspecified atom stereocenters. The minimum absolute atomic E-state index is 0.0182. The lowest BCUT2D eigenvalue weighted by atomic mass is 9.79. The minimum Gasteiger partial charge on any atom is -0.491 e. The van der Waals surface area contributed by atoms with E-state index in [1.54, 1.807) is 19.1 Å². The number of ether oxygens (including phenoxy) is 1. The molecule has 0 aliphatic heterocycles. The average Bonchev–Trinajstić information content (AvgIpc) is 2.45. The number of benzene rings is 1. The second-order valence-electron chi connectivity index (χ2n) is 5.09. The number of hydrogen-bond acceptors (Lipinski definition) is 1. The van der Waals surface area contributed by atoms with Gasteiger partial charge in [-0.15, -0.1) is 0 Å². The second-order valence-corrected chi connectivity index (χ2v) is 5.97. The molecule has 19 heavy (non-hydrogen) atoms. The highest BCUT2D eigenvalue weighted by atomic mass is 127. The van der Waals surface area contributed by atoms with E-state index in [1.165, 1.54) is 0 Å². The first kappa shape index (κ1) is 15.0. The van der Waals surface area contributed by atoms with Crippen molar-refractivity contribution in [1.29, 1.82) is 0 Å². The molecule has 0 amide bonds. The molecule has 2 rings (SSSR count). The Hall–Kier alpha value is -0.390. The fraction of sp³-hybridized carbons (Fsp3) is 0.600. The molecule has 0 atom stereocenters. The van der Waals surface area contributed by atoms with E-state index in [1.807, 2.05) is 0 Å². The lowest BCUT2D eigenvalue weighted by Crippen LogP contribution is -2.15. The summed E-state index contributed by atoms with van der Waals surface area (Å²) < 4.78 is 34.2. The highest BCUT2D eigenvalue weighted by Crippen LogP contribution is 2.39. The van der Waals surface area contributed by atoms with Gasteiger partial charge in [0.1, 0.15) is 0 Å². The van der Waals surface area contributed by atoms with Crippen LogP contribution in [0.4, 0.5) is 8.78 Å². The molecule has 1 aromatic rings. The van der Waals surface area contributed by atoms with E-state index in [9.17, 15) is 8.78 Å². The first-order chi connectivity index (χ1) is 9.17. The summed E-state index contributed by atoms with van der Waals surface area (Å²) in [6.07, 6.45) is 4.14. The highest BCUT2D eigenvalue weighted by Gasteiger charge is 2.26. The van der Waals surface area contributed by atoms with E-state index in [-0.39, 0.29) is 11.7 Å². The van der Waals surface area contributed by atoms with E-state index < -0.39 is 11.6 Å². The van der Waals surface area contributed by atoms with Crippen molar-refractivity contribution < 1.29 is 13.5 Å². The van der Waals surface area contributed by atoms with E-state index in [2.05, 4.69) is 22.6 Å². The number of alkyl halides is 1. The van der Waals surface area contributed by atoms with Gasteiger partial charge in [0, 0.05) is 4.43 Å². The van der Waals surface area contributed by atoms with Crippen LogP contribution < -0.4 is 4.74 Å². The fourth-order valence-corrected chi connectivity index (χ4v) is 3.64. The molecule has 1 saturated carbocycles. The van der Waals surface area contributed by atoms with Crippen LogP contribution in [0, 0.1) is 17.6 Å². The van der Waals surface area contributed by atoms with Gasteiger partial charge < -0.3 is 4.74 Å². The molecule has 0 aromatic heterocycles. The van der Waals surface area contributed by atoms with Crippen LogP contribution >= 0.6 is 22.6 Å². The predicted molar refractivity (Wildman–Crippen MR) is 81.1 cm³/mol. The Morgan fingerprint density at radius 1 is 1.16 bits per heavy atom. The second kappa shape index (κ2) is 6.86. The normalized spacial score (nSPS) is 23.4. The third kappa shape index (κ3) is 3.38. The molecule has 106 valence electrons. The first-order valence-corrected chi connectivity index (χ1v) is 8.36. The number of rotatable bonds is 4. The van der Waals surface area contributed by atoms with Crippen molar-refractivity contribution in [2.45, 2.75) is 38.5 Å². The first-order valence-electron chi connectivity index (χ1n) is 6.84. The molecule has 0 N–H and O–H groups in total. The topological polar surface area (TPSA) is 9.23 Å². The number of halogens is 3. The summed E-state index contributed by atoms with van der Waals surface area (Å²) in [5.41, 5.74) is 0.521. The maximum atomic E-state index is 14.1. The van der Waals surface area contributed by atoms with Crippen molar-refractivity contribution in [3.63, 3.8) is 0 Å². The molecule has 1 aromatic carbocycles. The van der Waals surface area contributed by atoms with Crippen LogP contribution in [0.25, 0.3) is 0 Å². The Morgan fingerprint density at radius 3 is 2.42 bits per heavy atom. The minimum atomic E-state index is -0.838. The summed E-state index contributed by atoms with van der Waals surface area (Å²) in [7, 11) is 0. The lowest BCUT2D eigenvalue weighted by molar-refractivity contribution is 0.308. The summed E-state index contributed by atoms with van der Waals surface area (Å²) in [6, 6.07) is 3.25. The van der Waals surface area contributed by atoms with Crippen molar-refractivity contribution in [2.24, 2.45) is 5.92 Å². The van der Waals surface area contributed by atoms with Crippen molar-refractivity contribution in [3.8, 4) is 5.75 Å². The van der Waals surface area contributed by atoms with Gasteiger partial charge in [0.2, 0.25) is 5.82 Å². The third-order valence-electron chi connectivity index (χ3n) is 3.88. The fourth-order valence-electron chi connectivity index (χ4n) is 2.76. The van der Waals surface area contributed by atoms with Gasteiger partial charge in [0.15, 0.2) is 11.6 Å². The van der Waals surface area contributed by atoms with Crippen molar-refractivity contribution in [1.82, 2.24) is 0 Å². The van der Waals surface area contributed by atoms with E-state index in [0.29, 0.717) is 12.2 Å². The third-order valence-corrected chi connectivity index (χ3v) is 5.13. The van der Waals surface area contributed by atoms with Gasteiger partial charge in [-0.05, 0) is 56.1 Å². The largest absolute Gasteiger partial charge is 0.491 e. The van der Waals surface area contributed by atoms with Gasteiger partial charge >= 0.3 is 0 Å². The summed E-state index contributed by atoms with van der Waals surface area (Å²) in [6.45, 7) is 2.10. The van der Waals surface area contributed by atoms with Crippen LogP contribution in [-0.4, -0.2) is 11.0 Å². The van der Waals surface area contributed by atoms with Crippen LogP contribution in [0.1, 0.15) is 44.1 Å². The smallest absolute Gasteiger partial charge is 0.200 e. The maximum absolute atomic E-state index is 14.1. The molecule has 0 bridgehead atoms. The van der Waals surface area contributed by atoms with Gasteiger partial charge in [0.25, 0.3) is 0 Å². The highest BCUT2D eigenvalue weighted by molar-refractivity contribution is 14.1. The molecular formula is C15H19F2IO. The van der Waals surface area contributed by atoms with Gasteiger partial charge in [-0.2, -0.15) is 4.39 Å². The number of hydrogen-bond donors (Lipinski definition) is 0. The van der Waals surface area contributed by atoms with Crippen molar-refractivity contribution in [2.75, 3.05) is 11.0 Å². The quantitative estimate of drug-likeness (QED) is 0.523. The Bertz CT molecular complexity index is 428. The van der Waals surface area contributed by atoms with E-state index >= 15 is 0 Å². The molecular weight excluding hydrogens is 361 g/mol. The van der Waals surface area contributed by atoms with Crippen molar-refractivity contribution in [3.05, 3.63) is 29.3 Å². The maximum Gasteiger partial charge on any atom is 0.200 e. The van der Waals surface area contributed by atoms with E-state index in [0.717, 1.165) is 36.0 Å². The van der Waals surface area contributed by atoms with Gasteiger partial charge in [-0.25, -0.2) is 4.39 Å². The van der Waals surface area contributed by atoms with Crippen LogP contribution in [0.5, 0.6) is 5.75 Å². The van der Waals surface area contributed by atoms with Gasteiger partial charge in [0.05, 0.1) is 6.61 Å². The Balaban J connectivity index is 2.15. The monoisotopic (exact) mass is 380 g/mol. The van der Waals surface area contributed by atoms with Gasteiger partial charge in [-0.3, -0.25) is 0 Å². The molecule has 1 fully saturated rings. The summed E-state index contributed by atoms with van der Waals surface area (Å²) in [5.74, 6) is -0.638. The molecule has 0 heterocycles. The molecule has 4 heteroatoms. The molecule has 1 aliphatic rings. The standard InChI is InChI=1S/C15H19F2IO/c1-2-19-13-8-7-12(14(16)15(13)17)11-5-3-10(9-18)4-6-11/h7-8,10-11H,2-6,9H2,1H3. The zero-order valence-electron chi connectivity index (χ0n) is 11.1. The Kier molecular flexibility index (Phi) is 5.42. The summed E-state index contributed by atoms with van der Waals surface area (Å²) in [5, 5.41) is 0. The van der Waals surface area contributed by atoms with Crippen LogP contribution in [0.3, 0.4) is 0 Å². The predicted octanol–water partition coefficient (Wildman–Crippen LogP) is 5.07.